The fraction of sp³-hybridized carbons (Fsp3) is 0.207. The average Bonchev–Trinajstić information content (AvgIpc) is 3.17. The third kappa shape index (κ3) is 4.24. The predicted molar refractivity (Wildman–Crippen MR) is 142 cm³/mol. The number of benzene rings is 3. The fourth-order valence-electron chi connectivity index (χ4n) is 4.43. The Labute approximate surface area is 216 Å². The van der Waals surface area contributed by atoms with E-state index in [0.717, 1.165) is 28.4 Å². The maximum atomic E-state index is 13.7. The van der Waals surface area contributed by atoms with Gasteiger partial charge in [-0.15, -0.1) is 0 Å². The molecule has 0 fully saturated rings. The maximum Gasteiger partial charge on any atom is 0.338 e. The van der Waals surface area contributed by atoms with Gasteiger partial charge < -0.3 is 9.15 Å². The molecule has 0 aliphatic carbocycles. The predicted octanol–water partition coefficient (Wildman–Crippen LogP) is 6.57. The third-order valence-electron chi connectivity index (χ3n) is 6.34. The molecule has 3 aromatic carbocycles. The Hall–Kier alpha value is -3.71. The van der Waals surface area contributed by atoms with Gasteiger partial charge >= 0.3 is 5.97 Å². The van der Waals surface area contributed by atoms with Crippen LogP contribution in [0.1, 0.15) is 63.4 Å². The molecule has 7 heteroatoms. The monoisotopic (exact) mass is 545 g/mol. The molecular formula is C29H24BrNO5. The zero-order valence-electron chi connectivity index (χ0n) is 19.9. The SMILES string of the molecule is CCCCOC(=O)c1ccc(N2C(=O)c3oc4ccc(Br)cc4c(=O)c3C2c2ccc(C)cc2)cc1. The highest BCUT2D eigenvalue weighted by Crippen LogP contribution is 2.41. The van der Waals surface area contributed by atoms with Gasteiger partial charge in [-0.25, -0.2) is 4.79 Å². The molecule has 5 rings (SSSR count). The Morgan fingerprint density at radius 3 is 2.44 bits per heavy atom. The molecule has 0 radical (unpaired) electrons. The maximum absolute atomic E-state index is 13.7. The summed E-state index contributed by atoms with van der Waals surface area (Å²) in [5.41, 5.74) is 3.21. The van der Waals surface area contributed by atoms with Crippen LogP contribution in [-0.4, -0.2) is 18.5 Å². The number of esters is 1. The van der Waals surface area contributed by atoms with Crippen LogP contribution in [-0.2, 0) is 4.74 Å². The Morgan fingerprint density at radius 2 is 1.75 bits per heavy atom. The molecule has 4 aromatic rings. The van der Waals surface area contributed by atoms with Gasteiger partial charge in [0.15, 0.2) is 5.43 Å². The minimum absolute atomic E-state index is 0.0310. The van der Waals surface area contributed by atoms with Crippen LogP contribution in [0.15, 0.2) is 80.4 Å². The number of unbranched alkanes of at least 4 members (excludes halogenated alkanes) is 1. The van der Waals surface area contributed by atoms with Crippen LogP contribution < -0.4 is 10.3 Å². The van der Waals surface area contributed by atoms with E-state index in [1.807, 2.05) is 38.1 Å². The summed E-state index contributed by atoms with van der Waals surface area (Å²) in [7, 11) is 0. The van der Waals surface area contributed by atoms with Crippen LogP contribution in [0.25, 0.3) is 11.0 Å². The van der Waals surface area contributed by atoms with E-state index in [0.29, 0.717) is 34.4 Å². The van der Waals surface area contributed by atoms with Gasteiger partial charge in [-0.2, -0.15) is 0 Å². The Balaban J connectivity index is 1.62. The molecule has 1 aromatic heterocycles. The summed E-state index contributed by atoms with van der Waals surface area (Å²) in [5.74, 6) is -0.783. The second kappa shape index (κ2) is 9.74. The molecule has 1 aliphatic heterocycles. The Kier molecular flexibility index (Phi) is 6.49. The molecule has 1 atom stereocenters. The zero-order chi connectivity index (χ0) is 25.4. The number of hydrogen-bond donors (Lipinski definition) is 0. The topological polar surface area (TPSA) is 76.8 Å². The average molecular weight is 546 g/mol. The number of amides is 1. The molecule has 0 bridgehead atoms. The van der Waals surface area contributed by atoms with Crippen LogP contribution in [0, 0.1) is 6.92 Å². The van der Waals surface area contributed by atoms with Crippen molar-refractivity contribution in [1.29, 1.82) is 0 Å². The van der Waals surface area contributed by atoms with Gasteiger partial charge in [0.05, 0.1) is 29.2 Å². The first kappa shape index (κ1) is 24.0. The quantitative estimate of drug-likeness (QED) is 0.202. The molecule has 0 spiro atoms. The van der Waals surface area contributed by atoms with Crippen molar-refractivity contribution in [3.05, 3.63) is 109 Å². The molecule has 0 saturated heterocycles. The van der Waals surface area contributed by atoms with Gasteiger partial charge in [-0.05, 0) is 61.4 Å². The number of halogens is 1. The number of carbonyl (C=O) groups excluding carboxylic acids is 2. The van der Waals surface area contributed by atoms with E-state index in [1.54, 1.807) is 47.4 Å². The van der Waals surface area contributed by atoms with E-state index in [9.17, 15) is 14.4 Å². The van der Waals surface area contributed by atoms with Crippen molar-refractivity contribution in [3.8, 4) is 0 Å². The molecule has 2 heterocycles. The molecule has 1 aliphatic rings. The van der Waals surface area contributed by atoms with Crippen molar-refractivity contribution < 1.29 is 18.7 Å². The van der Waals surface area contributed by atoms with Crippen molar-refractivity contribution in [3.63, 3.8) is 0 Å². The van der Waals surface area contributed by atoms with E-state index in [1.165, 1.54) is 0 Å². The molecular weight excluding hydrogens is 522 g/mol. The second-order valence-corrected chi connectivity index (χ2v) is 9.75. The summed E-state index contributed by atoms with van der Waals surface area (Å²) in [5, 5.41) is 0.403. The first-order valence-electron chi connectivity index (χ1n) is 11.8. The highest BCUT2D eigenvalue weighted by Gasteiger charge is 2.43. The lowest BCUT2D eigenvalue weighted by molar-refractivity contribution is 0.0499. The first-order valence-corrected chi connectivity index (χ1v) is 12.6. The Morgan fingerprint density at radius 1 is 1.03 bits per heavy atom. The summed E-state index contributed by atoms with van der Waals surface area (Å²) in [6, 6.07) is 18.9. The lowest BCUT2D eigenvalue weighted by Gasteiger charge is -2.25. The third-order valence-corrected chi connectivity index (χ3v) is 6.83. The number of carbonyl (C=O) groups is 2. The van der Waals surface area contributed by atoms with Gasteiger partial charge in [-0.1, -0.05) is 59.1 Å². The van der Waals surface area contributed by atoms with Crippen molar-refractivity contribution in [1.82, 2.24) is 0 Å². The largest absolute Gasteiger partial charge is 0.462 e. The summed E-state index contributed by atoms with van der Waals surface area (Å²) >= 11 is 3.42. The number of fused-ring (bicyclic) bond motifs is 2. The molecule has 6 nitrogen and oxygen atoms in total. The lowest BCUT2D eigenvalue weighted by Crippen LogP contribution is -2.29. The van der Waals surface area contributed by atoms with Gasteiger partial charge in [0.1, 0.15) is 5.58 Å². The van der Waals surface area contributed by atoms with Gasteiger partial charge in [-0.3, -0.25) is 14.5 Å². The van der Waals surface area contributed by atoms with Crippen molar-refractivity contribution >= 4 is 44.5 Å². The number of ether oxygens (including phenoxy) is 1. The summed E-state index contributed by atoms with van der Waals surface area (Å²) < 4.78 is 12.1. The normalized spacial score (nSPS) is 14.8. The van der Waals surface area contributed by atoms with Gasteiger partial charge in [0.2, 0.25) is 5.76 Å². The van der Waals surface area contributed by atoms with E-state index < -0.39 is 17.9 Å². The fourth-order valence-corrected chi connectivity index (χ4v) is 4.79. The van der Waals surface area contributed by atoms with Gasteiger partial charge in [0.25, 0.3) is 5.91 Å². The van der Waals surface area contributed by atoms with E-state index >= 15 is 0 Å². The van der Waals surface area contributed by atoms with Crippen molar-refractivity contribution in [2.45, 2.75) is 32.7 Å². The van der Waals surface area contributed by atoms with Gasteiger partial charge in [0, 0.05) is 10.2 Å². The number of nitrogens with zero attached hydrogens (tertiary/aromatic N) is 1. The molecule has 182 valence electrons. The van der Waals surface area contributed by atoms with Crippen LogP contribution in [0.5, 0.6) is 0 Å². The van der Waals surface area contributed by atoms with E-state index in [2.05, 4.69) is 15.9 Å². The zero-order valence-corrected chi connectivity index (χ0v) is 21.5. The van der Waals surface area contributed by atoms with Crippen LogP contribution in [0.3, 0.4) is 0 Å². The molecule has 0 saturated carbocycles. The van der Waals surface area contributed by atoms with Crippen LogP contribution in [0.2, 0.25) is 0 Å². The highest BCUT2D eigenvalue weighted by molar-refractivity contribution is 9.10. The number of anilines is 1. The van der Waals surface area contributed by atoms with E-state index in [-0.39, 0.29) is 11.2 Å². The standard InChI is InChI=1S/C29H24BrNO5/c1-3-4-15-35-29(34)19-9-12-21(13-10-19)31-25(18-7-5-17(2)6-8-18)24-26(32)22-16-20(30)11-14-23(22)36-27(24)28(31)33/h5-14,16,25H,3-4,15H2,1-2H3. The molecule has 1 amide bonds. The molecule has 36 heavy (non-hydrogen) atoms. The van der Waals surface area contributed by atoms with Crippen LogP contribution in [0.4, 0.5) is 5.69 Å². The second-order valence-electron chi connectivity index (χ2n) is 8.84. The number of aryl methyl sites for hydroxylation is 1. The molecule has 1 unspecified atom stereocenters. The van der Waals surface area contributed by atoms with E-state index in [4.69, 9.17) is 9.15 Å². The highest BCUT2D eigenvalue weighted by atomic mass is 79.9. The minimum Gasteiger partial charge on any atom is -0.462 e. The lowest BCUT2D eigenvalue weighted by atomic mass is 9.97. The molecule has 0 N–H and O–H groups in total. The first-order chi connectivity index (χ1) is 17.4. The van der Waals surface area contributed by atoms with Crippen molar-refractivity contribution in [2.75, 3.05) is 11.5 Å². The summed E-state index contributed by atoms with van der Waals surface area (Å²) in [4.78, 5) is 41.3. The smallest absolute Gasteiger partial charge is 0.338 e. The number of rotatable bonds is 6. The van der Waals surface area contributed by atoms with Crippen molar-refractivity contribution in [2.24, 2.45) is 0 Å². The minimum atomic E-state index is -0.671. The Bertz CT molecular complexity index is 1520. The summed E-state index contributed by atoms with van der Waals surface area (Å²) in [6.07, 6.45) is 1.73. The summed E-state index contributed by atoms with van der Waals surface area (Å²) in [6.45, 7) is 4.37. The van der Waals surface area contributed by atoms with Crippen LogP contribution >= 0.6 is 15.9 Å². The number of hydrogen-bond acceptors (Lipinski definition) is 5.